The lowest BCUT2D eigenvalue weighted by molar-refractivity contribution is 0.00911. The average Bonchev–Trinajstić information content (AvgIpc) is 2.60. The largest absolute Gasteiger partial charge is 0.496 e. The van der Waals surface area contributed by atoms with Gasteiger partial charge in [-0.1, -0.05) is 18.2 Å². The number of ether oxygens (including phenoxy) is 3. The fourth-order valence-corrected chi connectivity index (χ4v) is 3.08. The molecule has 1 aromatic carbocycles. The van der Waals surface area contributed by atoms with Gasteiger partial charge in [-0.05, 0) is 33.3 Å². The molecule has 0 atom stereocenters. The summed E-state index contributed by atoms with van der Waals surface area (Å²) in [6, 6.07) is 6.05. The number of amides is 1. The van der Waals surface area contributed by atoms with Crippen LogP contribution >= 0.6 is 0 Å². The fraction of sp³-hybridized carbons (Fsp3) is 0.545. The monoisotopic (exact) mass is 403 g/mol. The van der Waals surface area contributed by atoms with Gasteiger partial charge in [0.15, 0.2) is 0 Å². The lowest BCUT2D eigenvalue weighted by Gasteiger charge is -2.37. The van der Waals surface area contributed by atoms with E-state index >= 15 is 0 Å². The number of aryl methyl sites for hydroxylation is 1. The first-order chi connectivity index (χ1) is 13.7. The Morgan fingerprint density at radius 3 is 2.55 bits per heavy atom. The number of aliphatic imine (C=N–C) groups is 1. The third-order valence-corrected chi connectivity index (χ3v) is 4.55. The topological polar surface area (TPSA) is 72.4 Å². The van der Waals surface area contributed by atoms with Crippen molar-refractivity contribution in [3.8, 4) is 5.75 Å². The second kappa shape index (κ2) is 9.78. The number of methoxy groups -OCH3 is 2. The van der Waals surface area contributed by atoms with Gasteiger partial charge in [-0.25, -0.2) is 4.79 Å². The first-order valence-corrected chi connectivity index (χ1v) is 9.75. The lowest BCUT2D eigenvalue weighted by Crippen LogP contribution is -2.54. The molecule has 1 amide bonds. The highest BCUT2D eigenvalue weighted by atomic mass is 16.6. The molecule has 1 aliphatic rings. The van der Waals surface area contributed by atoms with Crippen molar-refractivity contribution in [2.24, 2.45) is 4.99 Å². The van der Waals surface area contributed by atoms with E-state index in [9.17, 15) is 4.79 Å². The molecule has 7 heteroatoms. The molecule has 160 valence electrons. The zero-order chi connectivity index (χ0) is 21.6. The van der Waals surface area contributed by atoms with E-state index in [1.807, 2.05) is 59.2 Å². The molecular weight excluding hydrogens is 370 g/mol. The number of hydrogen-bond acceptors (Lipinski definition) is 6. The summed E-state index contributed by atoms with van der Waals surface area (Å²) in [7, 11) is 5.18. The van der Waals surface area contributed by atoms with Crippen molar-refractivity contribution in [2.45, 2.75) is 39.3 Å². The molecule has 1 fully saturated rings. The Morgan fingerprint density at radius 2 is 2.00 bits per heavy atom. The summed E-state index contributed by atoms with van der Waals surface area (Å²) >= 11 is 0. The van der Waals surface area contributed by atoms with Crippen molar-refractivity contribution in [2.75, 3.05) is 41.0 Å². The van der Waals surface area contributed by atoms with E-state index in [1.165, 1.54) is 0 Å². The van der Waals surface area contributed by atoms with Crippen LogP contribution in [0.5, 0.6) is 5.75 Å². The second-order valence-electron chi connectivity index (χ2n) is 8.05. The summed E-state index contributed by atoms with van der Waals surface area (Å²) in [5, 5.41) is 3.21. The Kier molecular flexibility index (Phi) is 7.67. The minimum atomic E-state index is -0.495. The van der Waals surface area contributed by atoms with Gasteiger partial charge >= 0.3 is 6.09 Å². The Morgan fingerprint density at radius 1 is 1.31 bits per heavy atom. The van der Waals surface area contributed by atoms with Crippen LogP contribution in [0, 0.1) is 6.92 Å². The number of likely N-dealkylation sites (N-methyl/N-ethyl adjacent to an activating group) is 1. The van der Waals surface area contributed by atoms with Crippen LogP contribution in [0.3, 0.4) is 0 Å². The predicted molar refractivity (Wildman–Crippen MR) is 116 cm³/mol. The predicted octanol–water partition coefficient (Wildman–Crippen LogP) is 3.27. The van der Waals surface area contributed by atoms with Crippen molar-refractivity contribution < 1.29 is 19.0 Å². The molecular formula is C22H33N3O4. The number of hydrogen-bond donors (Lipinski definition) is 1. The molecule has 7 nitrogen and oxygen atoms in total. The van der Waals surface area contributed by atoms with E-state index in [2.05, 4.69) is 5.32 Å². The summed E-state index contributed by atoms with van der Waals surface area (Å²) in [4.78, 5) is 18.5. The van der Waals surface area contributed by atoms with Crippen LogP contribution in [0.2, 0.25) is 0 Å². The number of allylic oxidation sites excluding steroid dienone is 1. The quantitative estimate of drug-likeness (QED) is 0.708. The highest BCUT2D eigenvalue weighted by Gasteiger charge is 2.33. The highest BCUT2D eigenvalue weighted by molar-refractivity contribution is 6.12. The minimum absolute atomic E-state index is 0.0361. The van der Waals surface area contributed by atoms with Crippen LogP contribution in [0.25, 0.3) is 5.57 Å². The van der Waals surface area contributed by atoms with E-state index in [0.29, 0.717) is 19.7 Å². The molecule has 0 saturated carbocycles. The molecule has 0 radical (unpaired) electrons. The summed E-state index contributed by atoms with van der Waals surface area (Å²) in [5.41, 5.74) is 3.31. The van der Waals surface area contributed by atoms with Gasteiger partial charge in [0.05, 0.1) is 19.8 Å². The molecule has 1 aromatic rings. The van der Waals surface area contributed by atoms with Gasteiger partial charge in [-0.3, -0.25) is 4.99 Å². The molecule has 0 aromatic heterocycles. The molecule has 2 rings (SSSR count). The number of nitrogens with zero attached hydrogens (tertiary/aromatic N) is 2. The first kappa shape index (κ1) is 22.7. The fourth-order valence-electron chi connectivity index (χ4n) is 3.08. The van der Waals surface area contributed by atoms with Crippen LogP contribution in [0.1, 0.15) is 31.9 Å². The molecule has 1 N–H and O–H groups in total. The molecule has 0 spiro atoms. The lowest BCUT2D eigenvalue weighted by atomic mass is 10.00. The number of nitrogens with one attached hydrogen (secondary N) is 1. The van der Waals surface area contributed by atoms with Gasteiger partial charge in [-0.15, -0.1) is 0 Å². The standard InChI is InChI=1S/C22H33N3O4/c1-15-9-8-10-17(20(15)28-7)18(19(23-5)14-27-6)11-24-16-12-25(13-16)21(26)29-22(2,3)4/h8-11,16,23H,12-14H2,1-7H3/b19-18+,24-11?. The van der Waals surface area contributed by atoms with E-state index in [-0.39, 0.29) is 12.1 Å². The van der Waals surface area contributed by atoms with Crippen molar-refractivity contribution in [3.63, 3.8) is 0 Å². The van der Waals surface area contributed by atoms with Gasteiger partial charge in [0.1, 0.15) is 11.4 Å². The summed E-state index contributed by atoms with van der Waals surface area (Å²) < 4.78 is 16.4. The molecule has 0 aliphatic carbocycles. The Labute approximate surface area is 173 Å². The summed E-state index contributed by atoms with van der Waals surface area (Å²) in [6.45, 7) is 9.11. The van der Waals surface area contributed by atoms with Gasteiger partial charge in [-0.2, -0.15) is 0 Å². The van der Waals surface area contributed by atoms with Gasteiger partial charge in [0.25, 0.3) is 0 Å². The molecule has 29 heavy (non-hydrogen) atoms. The third kappa shape index (κ3) is 5.97. The second-order valence-corrected chi connectivity index (χ2v) is 8.05. The molecule has 1 saturated heterocycles. The van der Waals surface area contributed by atoms with E-state index in [4.69, 9.17) is 19.2 Å². The normalized spacial score (nSPS) is 15.8. The van der Waals surface area contributed by atoms with Crippen molar-refractivity contribution in [3.05, 3.63) is 35.0 Å². The molecule has 1 heterocycles. The number of benzene rings is 1. The maximum absolute atomic E-state index is 12.1. The SMILES string of the molecule is CN/C(COC)=C(\C=NC1CN(C(=O)OC(C)(C)C)C1)c1cccc(C)c1OC. The zero-order valence-electron chi connectivity index (χ0n) is 18.5. The first-order valence-electron chi connectivity index (χ1n) is 9.75. The third-order valence-electron chi connectivity index (χ3n) is 4.55. The molecule has 0 unspecified atom stereocenters. The number of likely N-dealkylation sites (tertiary alicyclic amines) is 1. The van der Waals surface area contributed by atoms with E-state index in [0.717, 1.165) is 28.1 Å². The highest BCUT2D eigenvalue weighted by Crippen LogP contribution is 2.30. The van der Waals surface area contributed by atoms with E-state index in [1.54, 1.807) is 19.1 Å². The maximum Gasteiger partial charge on any atom is 0.410 e. The number of para-hydroxylation sites is 1. The van der Waals surface area contributed by atoms with Crippen LogP contribution in [0.4, 0.5) is 4.79 Å². The van der Waals surface area contributed by atoms with Gasteiger partial charge in [0, 0.05) is 50.3 Å². The smallest absolute Gasteiger partial charge is 0.410 e. The van der Waals surface area contributed by atoms with Gasteiger partial charge < -0.3 is 24.4 Å². The van der Waals surface area contributed by atoms with E-state index < -0.39 is 5.60 Å². The number of rotatable bonds is 7. The van der Waals surface area contributed by atoms with Crippen LogP contribution < -0.4 is 10.1 Å². The maximum atomic E-state index is 12.1. The molecule has 1 aliphatic heterocycles. The Bertz CT molecular complexity index is 775. The zero-order valence-corrected chi connectivity index (χ0v) is 18.5. The molecule has 0 bridgehead atoms. The Hall–Kier alpha value is -2.54. The number of carbonyl (C=O) groups is 1. The summed E-state index contributed by atoms with van der Waals surface area (Å²) in [6.07, 6.45) is 1.55. The van der Waals surface area contributed by atoms with Gasteiger partial charge in [0.2, 0.25) is 0 Å². The summed E-state index contributed by atoms with van der Waals surface area (Å²) in [5.74, 6) is 0.807. The van der Waals surface area contributed by atoms with Crippen LogP contribution in [-0.2, 0) is 9.47 Å². The van der Waals surface area contributed by atoms with Crippen molar-refractivity contribution in [1.82, 2.24) is 10.2 Å². The van der Waals surface area contributed by atoms with Crippen molar-refractivity contribution >= 4 is 17.9 Å². The number of carbonyl (C=O) groups excluding carboxylic acids is 1. The average molecular weight is 404 g/mol. The van der Waals surface area contributed by atoms with Crippen LogP contribution in [0.15, 0.2) is 28.9 Å². The van der Waals surface area contributed by atoms with Crippen LogP contribution in [-0.4, -0.2) is 69.8 Å². The van der Waals surface area contributed by atoms with Crippen molar-refractivity contribution in [1.29, 1.82) is 0 Å². The minimum Gasteiger partial charge on any atom is -0.496 e. The Balaban J connectivity index is 2.21.